The molecule has 1 atom stereocenters. The van der Waals surface area contributed by atoms with Crippen molar-refractivity contribution in [1.29, 1.82) is 0 Å². The van der Waals surface area contributed by atoms with E-state index in [2.05, 4.69) is 22.5 Å². The number of rotatable bonds is 4. The van der Waals surface area contributed by atoms with E-state index in [0.717, 1.165) is 23.5 Å². The molecule has 0 amide bonds. The monoisotopic (exact) mass is 278 g/mol. The van der Waals surface area contributed by atoms with Gasteiger partial charge in [-0.2, -0.15) is 0 Å². The van der Waals surface area contributed by atoms with Crippen LogP contribution >= 0.6 is 22.7 Å². The summed E-state index contributed by atoms with van der Waals surface area (Å²) < 4.78 is 4.54. The standard InChI is InChI=1S/C13H14N2OS2/c1-15-6-5-14-13(15)3-2-9(16)11-8-12-10(18-11)4-7-17-12/h4-9,16H,2-3H2,1H3. The summed E-state index contributed by atoms with van der Waals surface area (Å²) in [5.74, 6) is 1.02. The zero-order valence-corrected chi connectivity index (χ0v) is 11.7. The van der Waals surface area contributed by atoms with Gasteiger partial charge in [-0.05, 0) is 23.9 Å². The van der Waals surface area contributed by atoms with Crippen molar-refractivity contribution in [2.75, 3.05) is 0 Å². The normalized spacial score (nSPS) is 13.2. The van der Waals surface area contributed by atoms with Gasteiger partial charge in [0.2, 0.25) is 0 Å². The summed E-state index contributed by atoms with van der Waals surface area (Å²) in [7, 11) is 1.98. The van der Waals surface area contributed by atoms with Crippen LogP contribution in [0.5, 0.6) is 0 Å². The number of nitrogens with zero attached hydrogens (tertiary/aromatic N) is 2. The average Bonchev–Trinajstić information content (AvgIpc) is 3.00. The third-order valence-electron chi connectivity index (χ3n) is 3.05. The minimum atomic E-state index is -0.383. The first-order valence-corrected chi connectivity index (χ1v) is 7.55. The van der Waals surface area contributed by atoms with Crippen LogP contribution in [0.2, 0.25) is 0 Å². The molecule has 0 aliphatic carbocycles. The third kappa shape index (κ3) is 2.21. The van der Waals surface area contributed by atoms with Crippen molar-refractivity contribution in [2.45, 2.75) is 18.9 Å². The number of aliphatic hydroxyl groups is 1. The van der Waals surface area contributed by atoms with Crippen molar-refractivity contribution < 1.29 is 5.11 Å². The zero-order valence-electron chi connectivity index (χ0n) is 10.0. The molecule has 1 unspecified atom stereocenters. The number of fused-ring (bicyclic) bond motifs is 1. The van der Waals surface area contributed by atoms with E-state index in [-0.39, 0.29) is 6.10 Å². The van der Waals surface area contributed by atoms with E-state index in [1.165, 1.54) is 9.40 Å². The van der Waals surface area contributed by atoms with Crippen LogP contribution < -0.4 is 0 Å². The molecule has 0 saturated carbocycles. The maximum absolute atomic E-state index is 10.2. The number of aromatic nitrogens is 2. The number of aliphatic hydroxyl groups excluding tert-OH is 1. The van der Waals surface area contributed by atoms with E-state index in [9.17, 15) is 5.11 Å². The summed E-state index contributed by atoms with van der Waals surface area (Å²) in [5.41, 5.74) is 0. The van der Waals surface area contributed by atoms with Gasteiger partial charge in [0.15, 0.2) is 0 Å². The molecule has 3 aromatic rings. The number of aryl methyl sites for hydroxylation is 2. The molecule has 0 spiro atoms. The van der Waals surface area contributed by atoms with E-state index in [1.54, 1.807) is 28.9 Å². The molecule has 0 aliphatic rings. The second kappa shape index (κ2) is 4.84. The molecule has 0 fully saturated rings. The lowest BCUT2D eigenvalue weighted by molar-refractivity contribution is 0.170. The molecule has 3 aromatic heterocycles. The molecule has 1 N–H and O–H groups in total. The predicted molar refractivity (Wildman–Crippen MR) is 76.2 cm³/mol. The third-order valence-corrected chi connectivity index (χ3v) is 5.24. The average molecular weight is 278 g/mol. The lowest BCUT2D eigenvalue weighted by atomic mass is 10.1. The van der Waals surface area contributed by atoms with E-state index in [4.69, 9.17) is 0 Å². The van der Waals surface area contributed by atoms with Crippen molar-refractivity contribution in [3.63, 3.8) is 0 Å². The van der Waals surface area contributed by atoms with Crippen molar-refractivity contribution in [3.05, 3.63) is 40.6 Å². The Kier molecular flexibility index (Phi) is 3.20. The van der Waals surface area contributed by atoms with E-state index in [1.807, 2.05) is 17.8 Å². The molecule has 3 nitrogen and oxygen atoms in total. The zero-order chi connectivity index (χ0) is 12.5. The van der Waals surface area contributed by atoms with Gasteiger partial charge < -0.3 is 9.67 Å². The van der Waals surface area contributed by atoms with E-state index >= 15 is 0 Å². The number of imidazole rings is 1. The van der Waals surface area contributed by atoms with Crippen molar-refractivity contribution in [2.24, 2.45) is 7.05 Å². The molecule has 3 heterocycles. The Balaban J connectivity index is 1.69. The molecule has 0 saturated heterocycles. The highest BCUT2D eigenvalue weighted by Gasteiger charge is 2.13. The summed E-state index contributed by atoms with van der Waals surface area (Å²) >= 11 is 3.41. The van der Waals surface area contributed by atoms with Gasteiger partial charge in [0.25, 0.3) is 0 Å². The van der Waals surface area contributed by atoms with Crippen LogP contribution in [0.4, 0.5) is 0 Å². The van der Waals surface area contributed by atoms with Crippen molar-refractivity contribution in [3.8, 4) is 0 Å². The summed E-state index contributed by atoms with van der Waals surface area (Å²) in [6.45, 7) is 0. The van der Waals surface area contributed by atoms with Crippen LogP contribution in [0.3, 0.4) is 0 Å². The number of hydrogen-bond donors (Lipinski definition) is 1. The van der Waals surface area contributed by atoms with Crippen LogP contribution in [0.1, 0.15) is 23.2 Å². The van der Waals surface area contributed by atoms with Crippen LogP contribution in [-0.4, -0.2) is 14.7 Å². The quantitative estimate of drug-likeness (QED) is 0.794. The minimum Gasteiger partial charge on any atom is -0.388 e. The Morgan fingerprint density at radius 3 is 3.06 bits per heavy atom. The Hall–Kier alpha value is -1.17. The van der Waals surface area contributed by atoms with Gasteiger partial charge in [-0.25, -0.2) is 4.98 Å². The highest BCUT2D eigenvalue weighted by molar-refractivity contribution is 7.26. The summed E-state index contributed by atoms with van der Waals surface area (Å²) in [5, 5.41) is 12.3. The maximum atomic E-state index is 10.2. The topological polar surface area (TPSA) is 38.0 Å². The van der Waals surface area contributed by atoms with Crippen LogP contribution in [0.25, 0.3) is 9.40 Å². The largest absolute Gasteiger partial charge is 0.388 e. The lowest BCUT2D eigenvalue weighted by Crippen LogP contribution is -2.02. The molecule has 94 valence electrons. The Labute approximate surface area is 113 Å². The van der Waals surface area contributed by atoms with Gasteiger partial charge in [-0.3, -0.25) is 0 Å². The van der Waals surface area contributed by atoms with Gasteiger partial charge in [0, 0.05) is 40.1 Å². The van der Waals surface area contributed by atoms with Crippen LogP contribution in [-0.2, 0) is 13.5 Å². The highest BCUT2D eigenvalue weighted by atomic mass is 32.1. The molecule has 5 heteroatoms. The first kappa shape index (κ1) is 11.9. The van der Waals surface area contributed by atoms with Crippen molar-refractivity contribution >= 4 is 32.1 Å². The number of hydrogen-bond acceptors (Lipinski definition) is 4. The first-order chi connectivity index (χ1) is 8.74. The Bertz CT molecular complexity index is 624. The molecule has 0 aliphatic heterocycles. The van der Waals surface area contributed by atoms with Gasteiger partial charge in [0.05, 0.1) is 6.10 Å². The van der Waals surface area contributed by atoms with Crippen LogP contribution in [0.15, 0.2) is 29.9 Å². The van der Waals surface area contributed by atoms with E-state index in [0.29, 0.717) is 0 Å². The molecule has 3 rings (SSSR count). The molecule has 0 bridgehead atoms. The SMILES string of the molecule is Cn1ccnc1CCC(O)c1cc2sccc2s1. The second-order valence-electron chi connectivity index (χ2n) is 4.31. The summed E-state index contributed by atoms with van der Waals surface area (Å²) in [6.07, 6.45) is 4.87. The first-order valence-electron chi connectivity index (χ1n) is 5.85. The maximum Gasteiger partial charge on any atom is 0.108 e. The molecule has 18 heavy (non-hydrogen) atoms. The molecule has 0 radical (unpaired) electrons. The molecular weight excluding hydrogens is 264 g/mol. The van der Waals surface area contributed by atoms with Gasteiger partial charge in [-0.1, -0.05) is 0 Å². The second-order valence-corrected chi connectivity index (χ2v) is 6.37. The molecular formula is C13H14N2OS2. The fourth-order valence-electron chi connectivity index (χ4n) is 1.99. The van der Waals surface area contributed by atoms with Crippen molar-refractivity contribution in [1.82, 2.24) is 9.55 Å². The minimum absolute atomic E-state index is 0.383. The summed E-state index contributed by atoms with van der Waals surface area (Å²) in [6, 6.07) is 4.22. The Morgan fingerprint density at radius 1 is 1.44 bits per heavy atom. The fourth-order valence-corrected chi connectivity index (χ4v) is 4.13. The fraction of sp³-hybridized carbons (Fsp3) is 0.308. The Morgan fingerprint density at radius 2 is 2.33 bits per heavy atom. The number of thiophene rings is 2. The van der Waals surface area contributed by atoms with Gasteiger partial charge >= 0.3 is 0 Å². The van der Waals surface area contributed by atoms with E-state index < -0.39 is 0 Å². The molecule has 0 aromatic carbocycles. The van der Waals surface area contributed by atoms with Gasteiger partial charge in [-0.15, -0.1) is 22.7 Å². The van der Waals surface area contributed by atoms with Crippen LogP contribution in [0, 0.1) is 0 Å². The lowest BCUT2D eigenvalue weighted by Gasteiger charge is -2.07. The van der Waals surface area contributed by atoms with Gasteiger partial charge in [0.1, 0.15) is 5.82 Å². The summed E-state index contributed by atoms with van der Waals surface area (Å²) in [4.78, 5) is 5.33. The smallest absolute Gasteiger partial charge is 0.108 e. The highest BCUT2D eigenvalue weighted by Crippen LogP contribution is 2.34. The predicted octanol–water partition coefficient (Wildman–Crippen LogP) is 3.36.